The summed E-state index contributed by atoms with van der Waals surface area (Å²) in [5, 5.41) is 19.0. The number of aryl methyl sites for hydroxylation is 1. The molecule has 1 atom stereocenters. The fourth-order valence-corrected chi connectivity index (χ4v) is 5.78. The van der Waals surface area contributed by atoms with E-state index in [0.717, 1.165) is 35.6 Å². The maximum atomic E-state index is 6.28. The zero-order valence-electron chi connectivity index (χ0n) is 22.8. The number of ether oxygens (including phenoxy) is 1. The molecule has 3 heterocycles. The van der Waals surface area contributed by atoms with Gasteiger partial charge < -0.3 is 20.7 Å². The summed E-state index contributed by atoms with van der Waals surface area (Å²) < 4.78 is 6.28. The number of para-hydroxylation sites is 1. The fraction of sp³-hybridized carbons (Fsp3) is 0.414. The van der Waals surface area contributed by atoms with Crippen LogP contribution in [0.4, 0.5) is 23.1 Å². The minimum atomic E-state index is 0.0405. The molecule has 0 amide bonds. The Bertz CT molecular complexity index is 1400. The number of benzene rings is 2. The Balaban J connectivity index is 1.50. The van der Waals surface area contributed by atoms with E-state index in [0.29, 0.717) is 28.6 Å². The van der Waals surface area contributed by atoms with E-state index in [1.807, 2.05) is 31.7 Å². The first kappa shape index (κ1) is 26.3. The summed E-state index contributed by atoms with van der Waals surface area (Å²) in [6.45, 7) is 12.7. The average Bonchev–Trinajstić information content (AvgIpc) is 3.36. The quantitative estimate of drug-likeness (QED) is 0.173. The SMILES string of the molecule is Cc1cc(Nc2nc(Nc3ccccc3SC(C)C)c3cn[nH]c3n2)c(OC(C)C)cc1C1CCCNC1. The molecule has 0 bridgehead atoms. The number of nitrogens with zero attached hydrogens (tertiary/aromatic N) is 3. The number of H-pyrrole nitrogens is 1. The second kappa shape index (κ2) is 11.6. The van der Waals surface area contributed by atoms with Crippen LogP contribution in [0.25, 0.3) is 11.0 Å². The van der Waals surface area contributed by atoms with E-state index < -0.39 is 0 Å². The lowest BCUT2D eigenvalue weighted by atomic mass is 9.88. The first-order chi connectivity index (χ1) is 18.4. The van der Waals surface area contributed by atoms with Gasteiger partial charge in [-0.3, -0.25) is 5.10 Å². The lowest BCUT2D eigenvalue weighted by Gasteiger charge is -2.26. The van der Waals surface area contributed by atoms with Crippen molar-refractivity contribution in [2.24, 2.45) is 0 Å². The molecular formula is C29H37N7OS. The minimum absolute atomic E-state index is 0.0405. The van der Waals surface area contributed by atoms with Crippen molar-refractivity contribution in [1.29, 1.82) is 0 Å². The number of rotatable bonds is 9. The Hall–Kier alpha value is -3.30. The Morgan fingerprint density at radius 3 is 2.66 bits per heavy atom. The van der Waals surface area contributed by atoms with Gasteiger partial charge in [0, 0.05) is 16.7 Å². The molecule has 0 aliphatic carbocycles. The number of hydrogen-bond acceptors (Lipinski definition) is 8. The topological polar surface area (TPSA) is 99.8 Å². The number of piperidine rings is 1. The largest absolute Gasteiger partial charge is 0.489 e. The number of nitrogens with one attached hydrogen (secondary N) is 4. The van der Waals surface area contributed by atoms with E-state index in [-0.39, 0.29) is 6.10 Å². The van der Waals surface area contributed by atoms with Gasteiger partial charge in [-0.2, -0.15) is 15.1 Å². The highest BCUT2D eigenvalue weighted by Crippen LogP contribution is 2.37. The highest BCUT2D eigenvalue weighted by molar-refractivity contribution is 8.00. The van der Waals surface area contributed by atoms with Crippen molar-refractivity contribution in [3.63, 3.8) is 0 Å². The highest BCUT2D eigenvalue weighted by atomic mass is 32.2. The van der Waals surface area contributed by atoms with E-state index in [2.05, 4.69) is 77.3 Å². The third kappa shape index (κ3) is 6.05. The molecule has 4 N–H and O–H groups in total. The van der Waals surface area contributed by atoms with Crippen LogP contribution >= 0.6 is 11.8 Å². The van der Waals surface area contributed by atoms with Crippen molar-refractivity contribution in [2.45, 2.75) is 69.6 Å². The lowest BCUT2D eigenvalue weighted by Crippen LogP contribution is -2.28. The van der Waals surface area contributed by atoms with Crippen molar-refractivity contribution in [1.82, 2.24) is 25.5 Å². The van der Waals surface area contributed by atoms with Crippen molar-refractivity contribution in [2.75, 3.05) is 23.7 Å². The predicted molar refractivity (Wildman–Crippen MR) is 157 cm³/mol. The Morgan fingerprint density at radius 1 is 1.05 bits per heavy atom. The first-order valence-corrected chi connectivity index (χ1v) is 14.3. The third-order valence-electron chi connectivity index (χ3n) is 6.53. The van der Waals surface area contributed by atoms with Crippen LogP contribution in [0.5, 0.6) is 5.75 Å². The zero-order chi connectivity index (χ0) is 26.6. The summed E-state index contributed by atoms with van der Waals surface area (Å²) in [5.74, 6) is 2.46. The van der Waals surface area contributed by atoms with Crippen LogP contribution < -0.4 is 20.7 Å². The van der Waals surface area contributed by atoms with Gasteiger partial charge in [-0.15, -0.1) is 11.8 Å². The molecule has 0 saturated carbocycles. The number of fused-ring (bicyclic) bond motifs is 1. The molecule has 0 radical (unpaired) electrons. The van der Waals surface area contributed by atoms with E-state index in [1.54, 1.807) is 6.20 Å². The Kier molecular flexibility index (Phi) is 8.04. The number of aromatic nitrogens is 4. The maximum absolute atomic E-state index is 6.28. The summed E-state index contributed by atoms with van der Waals surface area (Å²) in [4.78, 5) is 10.8. The molecule has 9 heteroatoms. The average molecular weight is 532 g/mol. The van der Waals surface area contributed by atoms with Gasteiger partial charge in [0.05, 0.1) is 29.1 Å². The second-order valence-electron chi connectivity index (χ2n) is 10.4. The van der Waals surface area contributed by atoms with Gasteiger partial charge >= 0.3 is 0 Å². The van der Waals surface area contributed by atoms with Gasteiger partial charge in [0.15, 0.2) is 5.65 Å². The van der Waals surface area contributed by atoms with Gasteiger partial charge in [-0.05, 0) is 81.5 Å². The third-order valence-corrected chi connectivity index (χ3v) is 7.61. The predicted octanol–water partition coefficient (Wildman–Crippen LogP) is 6.90. The monoisotopic (exact) mass is 531 g/mol. The van der Waals surface area contributed by atoms with Gasteiger partial charge in [0.2, 0.25) is 5.95 Å². The molecule has 2 aromatic heterocycles. The molecule has 200 valence electrons. The molecule has 8 nitrogen and oxygen atoms in total. The molecule has 1 fully saturated rings. The van der Waals surface area contributed by atoms with E-state index in [1.165, 1.54) is 28.9 Å². The molecule has 1 aliphatic heterocycles. The molecule has 4 aromatic rings. The summed E-state index contributed by atoms with van der Waals surface area (Å²) in [5.41, 5.74) is 5.09. The van der Waals surface area contributed by atoms with Crippen LogP contribution in [0.2, 0.25) is 0 Å². The summed E-state index contributed by atoms with van der Waals surface area (Å²) in [7, 11) is 0. The van der Waals surface area contributed by atoms with Crippen molar-refractivity contribution < 1.29 is 4.74 Å². The number of aromatic amines is 1. The van der Waals surface area contributed by atoms with E-state index >= 15 is 0 Å². The zero-order valence-corrected chi connectivity index (χ0v) is 23.6. The molecule has 1 saturated heterocycles. The maximum Gasteiger partial charge on any atom is 0.231 e. The minimum Gasteiger partial charge on any atom is -0.489 e. The summed E-state index contributed by atoms with van der Waals surface area (Å²) in [6, 6.07) is 12.6. The van der Waals surface area contributed by atoms with Crippen LogP contribution in [-0.2, 0) is 0 Å². The van der Waals surface area contributed by atoms with Crippen LogP contribution in [0, 0.1) is 6.92 Å². The molecule has 2 aromatic carbocycles. The van der Waals surface area contributed by atoms with Crippen LogP contribution in [0.15, 0.2) is 47.5 Å². The standard InChI is InChI=1S/C29H37N7OS/c1-17(2)37-25-14-21(20-9-8-12-30-15-20)19(5)13-24(25)33-29-34-27(22-16-31-36-28(22)35-29)32-23-10-6-7-11-26(23)38-18(3)4/h6-7,10-11,13-14,16-18,20,30H,8-9,12,15H2,1-5H3,(H3,31,32,33,34,35,36). The smallest absolute Gasteiger partial charge is 0.231 e. The molecule has 38 heavy (non-hydrogen) atoms. The number of hydrogen-bond donors (Lipinski definition) is 4. The van der Waals surface area contributed by atoms with Crippen molar-refractivity contribution in [3.8, 4) is 5.75 Å². The Labute approximate surface area is 228 Å². The van der Waals surface area contributed by atoms with Gasteiger partial charge in [0.1, 0.15) is 11.6 Å². The van der Waals surface area contributed by atoms with Crippen molar-refractivity contribution >= 4 is 45.9 Å². The number of anilines is 4. The van der Waals surface area contributed by atoms with Crippen LogP contribution in [0.3, 0.4) is 0 Å². The first-order valence-electron chi connectivity index (χ1n) is 13.4. The van der Waals surface area contributed by atoms with Gasteiger partial charge in [-0.25, -0.2) is 0 Å². The summed E-state index contributed by atoms with van der Waals surface area (Å²) >= 11 is 1.81. The Morgan fingerprint density at radius 2 is 1.89 bits per heavy atom. The van der Waals surface area contributed by atoms with Gasteiger partial charge in [-0.1, -0.05) is 26.0 Å². The number of thioether (sulfide) groups is 1. The lowest BCUT2D eigenvalue weighted by molar-refractivity contribution is 0.243. The second-order valence-corrected chi connectivity index (χ2v) is 12.0. The molecule has 1 unspecified atom stereocenters. The molecule has 5 rings (SSSR count). The van der Waals surface area contributed by atoms with Crippen LogP contribution in [0.1, 0.15) is 57.6 Å². The molecule has 0 spiro atoms. The fourth-order valence-electron chi connectivity index (χ4n) is 4.87. The van der Waals surface area contributed by atoms with E-state index in [9.17, 15) is 0 Å². The molecule has 1 aliphatic rings. The summed E-state index contributed by atoms with van der Waals surface area (Å²) in [6.07, 6.45) is 4.17. The molecular weight excluding hydrogens is 494 g/mol. The van der Waals surface area contributed by atoms with E-state index in [4.69, 9.17) is 14.7 Å². The van der Waals surface area contributed by atoms with Crippen molar-refractivity contribution in [3.05, 3.63) is 53.7 Å². The van der Waals surface area contributed by atoms with Gasteiger partial charge in [0.25, 0.3) is 0 Å². The highest BCUT2D eigenvalue weighted by Gasteiger charge is 2.21. The van der Waals surface area contributed by atoms with Crippen LogP contribution in [-0.4, -0.2) is 44.6 Å². The normalized spacial score (nSPS) is 15.8.